The molecule has 0 spiro atoms. The molecule has 0 fully saturated rings. The predicted molar refractivity (Wildman–Crippen MR) is 80.9 cm³/mol. The molecule has 1 aromatic carbocycles. The van der Waals surface area contributed by atoms with Crippen LogP contribution in [0.4, 0.5) is 5.69 Å². The molecule has 0 amide bonds. The Morgan fingerprint density at radius 1 is 1.05 bits per heavy atom. The van der Waals surface area contributed by atoms with Gasteiger partial charge in [0, 0.05) is 31.5 Å². The highest BCUT2D eigenvalue weighted by Crippen LogP contribution is 2.22. The molecular formula is C14H15ClN4. The molecule has 3 aromatic rings. The first-order valence-electron chi connectivity index (χ1n) is 5.81. The smallest absolute Gasteiger partial charge is 0.138 e. The summed E-state index contributed by atoms with van der Waals surface area (Å²) in [5.74, 6) is 0.878. The van der Waals surface area contributed by atoms with Crippen LogP contribution in [0.1, 0.15) is 0 Å². The molecule has 0 radical (unpaired) electrons. The van der Waals surface area contributed by atoms with E-state index in [-0.39, 0.29) is 12.4 Å². The van der Waals surface area contributed by atoms with Gasteiger partial charge < -0.3 is 9.88 Å². The third kappa shape index (κ3) is 2.53. The van der Waals surface area contributed by atoms with Crippen molar-refractivity contribution in [2.75, 3.05) is 19.0 Å². The lowest BCUT2D eigenvalue weighted by Crippen LogP contribution is -2.07. The molecule has 0 aliphatic heterocycles. The van der Waals surface area contributed by atoms with E-state index >= 15 is 0 Å². The van der Waals surface area contributed by atoms with Gasteiger partial charge in [-0.3, -0.25) is 4.98 Å². The number of nitrogens with one attached hydrogen (secondary N) is 1. The minimum atomic E-state index is 0. The normalized spacial score (nSPS) is 10.2. The number of halogens is 1. The van der Waals surface area contributed by atoms with E-state index in [9.17, 15) is 0 Å². The fourth-order valence-corrected chi connectivity index (χ4v) is 1.91. The summed E-state index contributed by atoms with van der Waals surface area (Å²) in [5, 5.41) is 0. The van der Waals surface area contributed by atoms with Gasteiger partial charge in [-0.2, -0.15) is 0 Å². The Morgan fingerprint density at radius 3 is 2.42 bits per heavy atom. The van der Waals surface area contributed by atoms with Crippen LogP contribution in [-0.2, 0) is 0 Å². The number of imidazole rings is 1. The second-order valence-electron chi connectivity index (χ2n) is 4.42. The maximum atomic E-state index is 4.55. The molecule has 2 heterocycles. The van der Waals surface area contributed by atoms with Gasteiger partial charge in [-0.05, 0) is 30.3 Å². The first-order valence-corrected chi connectivity index (χ1v) is 5.81. The van der Waals surface area contributed by atoms with Crippen molar-refractivity contribution >= 4 is 29.1 Å². The molecular weight excluding hydrogens is 260 g/mol. The van der Waals surface area contributed by atoms with Crippen LogP contribution in [0, 0.1) is 0 Å². The van der Waals surface area contributed by atoms with Gasteiger partial charge in [0.2, 0.25) is 0 Å². The average Bonchev–Trinajstić information content (AvgIpc) is 2.82. The summed E-state index contributed by atoms with van der Waals surface area (Å²) in [6, 6.07) is 10.2. The minimum Gasteiger partial charge on any atom is -0.378 e. The van der Waals surface area contributed by atoms with Crippen molar-refractivity contribution in [1.82, 2.24) is 15.0 Å². The van der Waals surface area contributed by atoms with E-state index in [0.29, 0.717) is 0 Å². The third-order valence-electron chi connectivity index (χ3n) is 2.94. The fourth-order valence-electron chi connectivity index (χ4n) is 1.91. The van der Waals surface area contributed by atoms with Crippen LogP contribution in [0.15, 0.2) is 42.7 Å². The highest BCUT2D eigenvalue weighted by atomic mass is 35.5. The molecule has 0 unspecified atom stereocenters. The number of nitrogens with zero attached hydrogens (tertiary/aromatic N) is 3. The van der Waals surface area contributed by atoms with Crippen LogP contribution < -0.4 is 4.90 Å². The molecule has 19 heavy (non-hydrogen) atoms. The summed E-state index contributed by atoms with van der Waals surface area (Å²) >= 11 is 0. The van der Waals surface area contributed by atoms with E-state index in [1.165, 1.54) is 5.69 Å². The van der Waals surface area contributed by atoms with E-state index in [4.69, 9.17) is 0 Å². The molecule has 1 N–H and O–H groups in total. The molecule has 5 heteroatoms. The summed E-state index contributed by atoms with van der Waals surface area (Å²) in [7, 11) is 4.06. The Morgan fingerprint density at radius 2 is 1.79 bits per heavy atom. The quantitative estimate of drug-likeness (QED) is 0.781. The Kier molecular flexibility index (Phi) is 3.71. The molecule has 98 valence electrons. The van der Waals surface area contributed by atoms with Crippen LogP contribution in [-0.4, -0.2) is 29.0 Å². The third-order valence-corrected chi connectivity index (χ3v) is 2.94. The van der Waals surface area contributed by atoms with Gasteiger partial charge in [0.25, 0.3) is 0 Å². The minimum absolute atomic E-state index is 0. The Labute approximate surface area is 117 Å². The number of aromatic amines is 1. The maximum absolute atomic E-state index is 4.55. The van der Waals surface area contributed by atoms with Crippen molar-refractivity contribution in [2.45, 2.75) is 0 Å². The number of H-pyrrole nitrogens is 1. The Balaban J connectivity index is 0.00000133. The monoisotopic (exact) mass is 274 g/mol. The number of pyridine rings is 1. The van der Waals surface area contributed by atoms with Crippen LogP contribution in [0.5, 0.6) is 0 Å². The summed E-state index contributed by atoms with van der Waals surface area (Å²) in [5.41, 5.74) is 4.16. The maximum Gasteiger partial charge on any atom is 0.138 e. The SMILES string of the molecule is CN(C)c1ccc(-c2nc3ccncc3[nH]2)cc1.Cl. The van der Waals surface area contributed by atoms with Crippen molar-refractivity contribution in [2.24, 2.45) is 0 Å². The van der Waals surface area contributed by atoms with Gasteiger partial charge >= 0.3 is 0 Å². The number of anilines is 1. The number of hydrogen-bond donors (Lipinski definition) is 1. The summed E-state index contributed by atoms with van der Waals surface area (Å²) in [6.45, 7) is 0. The number of rotatable bonds is 2. The largest absolute Gasteiger partial charge is 0.378 e. The standard InChI is InChI=1S/C14H14N4.ClH/c1-18(2)11-5-3-10(4-6-11)14-16-12-7-8-15-9-13(12)17-14;/h3-9H,1-2H3,(H,16,17);1H. The fraction of sp³-hybridized carbons (Fsp3) is 0.143. The van der Waals surface area contributed by atoms with E-state index in [1.54, 1.807) is 12.4 Å². The van der Waals surface area contributed by atoms with Crippen LogP contribution in [0.2, 0.25) is 0 Å². The van der Waals surface area contributed by atoms with Gasteiger partial charge in [-0.25, -0.2) is 4.98 Å². The topological polar surface area (TPSA) is 44.8 Å². The zero-order chi connectivity index (χ0) is 12.5. The summed E-state index contributed by atoms with van der Waals surface area (Å²) in [6.07, 6.45) is 3.54. The predicted octanol–water partition coefficient (Wildman–Crippen LogP) is 3.11. The lowest BCUT2D eigenvalue weighted by atomic mass is 10.2. The molecule has 0 aliphatic rings. The van der Waals surface area contributed by atoms with Crippen molar-refractivity contribution in [3.8, 4) is 11.4 Å². The molecule has 0 bridgehead atoms. The lowest BCUT2D eigenvalue weighted by Gasteiger charge is -2.11. The average molecular weight is 275 g/mol. The van der Waals surface area contributed by atoms with Gasteiger partial charge in [0.15, 0.2) is 0 Å². The Hall–Kier alpha value is -2.07. The molecule has 2 aromatic heterocycles. The first kappa shape index (κ1) is 13.4. The van der Waals surface area contributed by atoms with E-state index in [0.717, 1.165) is 22.4 Å². The van der Waals surface area contributed by atoms with Crippen molar-refractivity contribution in [3.63, 3.8) is 0 Å². The number of aromatic nitrogens is 3. The summed E-state index contributed by atoms with van der Waals surface area (Å²) < 4.78 is 0. The van der Waals surface area contributed by atoms with Crippen LogP contribution in [0.25, 0.3) is 22.4 Å². The lowest BCUT2D eigenvalue weighted by molar-refractivity contribution is 1.13. The zero-order valence-corrected chi connectivity index (χ0v) is 11.6. The first-order chi connectivity index (χ1) is 8.74. The molecule has 0 saturated heterocycles. The zero-order valence-electron chi connectivity index (χ0n) is 10.8. The van der Waals surface area contributed by atoms with Crippen LogP contribution in [0.3, 0.4) is 0 Å². The molecule has 3 rings (SSSR count). The van der Waals surface area contributed by atoms with Crippen molar-refractivity contribution in [3.05, 3.63) is 42.7 Å². The van der Waals surface area contributed by atoms with Gasteiger partial charge in [0.05, 0.1) is 17.2 Å². The molecule has 0 saturated carbocycles. The molecule has 0 atom stereocenters. The van der Waals surface area contributed by atoms with Gasteiger partial charge in [0.1, 0.15) is 5.82 Å². The number of benzene rings is 1. The number of hydrogen-bond acceptors (Lipinski definition) is 3. The van der Waals surface area contributed by atoms with E-state index in [2.05, 4.69) is 44.1 Å². The second kappa shape index (κ2) is 5.28. The Bertz CT molecular complexity index is 640. The van der Waals surface area contributed by atoms with Crippen LogP contribution >= 0.6 is 12.4 Å². The van der Waals surface area contributed by atoms with Gasteiger partial charge in [-0.1, -0.05) is 0 Å². The highest BCUT2D eigenvalue weighted by Gasteiger charge is 2.05. The second-order valence-corrected chi connectivity index (χ2v) is 4.42. The highest BCUT2D eigenvalue weighted by molar-refractivity contribution is 5.85. The molecule has 0 aliphatic carbocycles. The number of fused-ring (bicyclic) bond motifs is 1. The molecule has 4 nitrogen and oxygen atoms in total. The van der Waals surface area contributed by atoms with Gasteiger partial charge in [-0.15, -0.1) is 12.4 Å². The van der Waals surface area contributed by atoms with Crippen molar-refractivity contribution < 1.29 is 0 Å². The van der Waals surface area contributed by atoms with E-state index in [1.807, 2.05) is 20.2 Å². The summed E-state index contributed by atoms with van der Waals surface area (Å²) in [4.78, 5) is 14.0. The van der Waals surface area contributed by atoms with E-state index < -0.39 is 0 Å². The van der Waals surface area contributed by atoms with Crippen molar-refractivity contribution in [1.29, 1.82) is 0 Å².